The van der Waals surface area contributed by atoms with Crippen LogP contribution in [0.25, 0.3) is 0 Å². The van der Waals surface area contributed by atoms with Crippen molar-refractivity contribution in [2.45, 2.75) is 12.6 Å². The van der Waals surface area contributed by atoms with Gasteiger partial charge >= 0.3 is 6.18 Å². The molecule has 0 heterocycles. The van der Waals surface area contributed by atoms with Crippen LogP contribution in [0.2, 0.25) is 0 Å². The van der Waals surface area contributed by atoms with Crippen LogP contribution < -0.4 is 0 Å². The van der Waals surface area contributed by atoms with Gasteiger partial charge in [-0.2, -0.15) is 13.2 Å². The second kappa shape index (κ2) is 2.61. The Morgan fingerprint density at radius 1 is 1.56 bits per heavy atom. The fourth-order valence-corrected chi connectivity index (χ4v) is 0.249. The highest BCUT2D eigenvalue weighted by Gasteiger charge is 2.29. The molecule has 0 spiro atoms. The summed E-state index contributed by atoms with van der Waals surface area (Å²) in [4.78, 5) is 9.86. The Hall–Kier alpha value is -0.870. The Morgan fingerprint density at radius 3 is 2.11 bits per heavy atom. The summed E-state index contributed by atoms with van der Waals surface area (Å²) in [5, 5.41) is 6.11. The minimum atomic E-state index is -4.48. The number of alkyl halides is 3. The maximum absolute atomic E-state index is 11.2. The summed E-state index contributed by atoms with van der Waals surface area (Å²) in [6, 6.07) is 0. The summed E-state index contributed by atoms with van der Waals surface area (Å²) in [5.41, 5.74) is 0. The highest BCUT2D eigenvalue weighted by molar-refractivity contribution is 6.26. The van der Waals surface area contributed by atoms with E-state index in [1.165, 1.54) is 0 Å². The summed E-state index contributed by atoms with van der Waals surface area (Å²) < 4.78 is 33.5. The molecule has 1 N–H and O–H groups in total. The number of hydrogen-bond acceptors (Lipinski definition) is 2. The molecule has 0 fully saturated rings. The molecule has 0 aromatic carbocycles. The number of hydrogen-bond donors (Lipinski definition) is 1. The van der Waals surface area contributed by atoms with E-state index >= 15 is 0 Å². The minimum Gasteiger partial charge on any atom is -0.305 e. The van der Waals surface area contributed by atoms with Crippen molar-refractivity contribution < 1.29 is 18.0 Å². The third kappa shape index (κ3) is 4.99. The first kappa shape index (κ1) is 8.13. The van der Waals surface area contributed by atoms with E-state index in [4.69, 9.17) is 5.41 Å². The first-order chi connectivity index (χ1) is 3.95. The zero-order chi connectivity index (χ0) is 7.49. The molecule has 0 unspecified atom stereocenters. The molecule has 0 aromatic heterocycles. The summed E-state index contributed by atoms with van der Waals surface area (Å²) in [7, 11) is 0. The van der Waals surface area contributed by atoms with E-state index in [2.05, 4.69) is 0 Å². The molecule has 5 heteroatoms. The Balaban J connectivity index is 3.74. The van der Waals surface area contributed by atoms with Crippen LogP contribution in [-0.4, -0.2) is 18.2 Å². The first-order valence-corrected chi connectivity index (χ1v) is 2.06. The van der Waals surface area contributed by atoms with Crippen molar-refractivity contribution in [3.8, 4) is 0 Å². The van der Waals surface area contributed by atoms with Gasteiger partial charge < -0.3 is 5.41 Å². The predicted octanol–water partition coefficient (Wildman–Crippen LogP) is 1.16. The second-order valence-corrected chi connectivity index (χ2v) is 1.40. The van der Waals surface area contributed by atoms with Gasteiger partial charge in [-0.15, -0.1) is 0 Å². The van der Waals surface area contributed by atoms with Crippen LogP contribution in [-0.2, 0) is 4.79 Å². The summed E-state index contributed by atoms with van der Waals surface area (Å²) >= 11 is 0. The number of carbonyl (C=O) groups is 1. The van der Waals surface area contributed by atoms with Crippen molar-refractivity contribution in [2.75, 3.05) is 0 Å². The number of ketones is 1. The van der Waals surface area contributed by atoms with Crippen molar-refractivity contribution in [3.05, 3.63) is 0 Å². The third-order valence-electron chi connectivity index (χ3n) is 0.536. The molecule has 0 amide bonds. The average molecular weight is 139 g/mol. The molecule has 0 saturated carbocycles. The highest BCUT2D eigenvalue weighted by Crippen LogP contribution is 2.18. The van der Waals surface area contributed by atoms with Crippen LogP contribution in [0.15, 0.2) is 0 Å². The zero-order valence-electron chi connectivity index (χ0n) is 4.33. The molecule has 0 atom stereocenters. The molecule has 0 aliphatic carbocycles. The van der Waals surface area contributed by atoms with E-state index in [1.54, 1.807) is 0 Å². The molecular weight excluding hydrogens is 135 g/mol. The van der Waals surface area contributed by atoms with E-state index < -0.39 is 18.4 Å². The van der Waals surface area contributed by atoms with E-state index in [0.29, 0.717) is 0 Å². The summed E-state index contributed by atoms with van der Waals surface area (Å²) in [6.45, 7) is 0. The molecule has 9 heavy (non-hydrogen) atoms. The Kier molecular flexibility index (Phi) is 2.36. The van der Waals surface area contributed by atoms with Crippen LogP contribution >= 0.6 is 0 Å². The lowest BCUT2D eigenvalue weighted by molar-refractivity contribution is -0.147. The van der Waals surface area contributed by atoms with Gasteiger partial charge in [-0.25, -0.2) is 0 Å². The van der Waals surface area contributed by atoms with Gasteiger partial charge in [0.25, 0.3) is 0 Å². The number of carbonyl (C=O) groups excluding carboxylic acids is 1. The monoisotopic (exact) mass is 139 g/mol. The Labute approximate surface area is 49.2 Å². The lowest BCUT2D eigenvalue weighted by atomic mass is 10.3. The van der Waals surface area contributed by atoms with E-state index in [0.717, 1.165) is 0 Å². The third-order valence-corrected chi connectivity index (χ3v) is 0.536. The fourth-order valence-electron chi connectivity index (χ4n) is 0.249. The lowest BCUT2D eigenvalue weighted by Crippen LogP contribution is -2.14. The van der Waals surface area contributed by atoms with Gasteiger partial charge in [0, 0.05) is 0 Å². The molecule has 0 aromatic rings. The van der Waals surface area contributed by atoms with Crippen LogP contribution in [0, 0.1) is 5.41 Å². The van der Waals surface area contributed by atoms with Crippen LogP contribution in [0.4, 0.5) is 13.2 Å². The van der Waals surface area contributed by atoms with Crippen molar-refractivity contribution >= 4 is 12.0 Å². The molecule has 0 aliphatic rings. The van der Waals surface area contributed by atoms with E-state index in [-0.39, 0.29) is 6.21 Å². The molecule has 0 radical (unpaired) electrons. The molecule has 52 valence electrons. The predicted molar refractivity (Wildman–Crippen MR) is 24.5 cm³/mol. The molecule has 0 bridgehead atoms. The molecule has 0 rings (SSSR count). The second-order valence-electron chi connectivity index (χ2n) is 1.40. The van der Waals surface area contributed by atoms with Gasteiger partial charge in [0.15, 0.2) is 5.78 Å². The summed E-state index contributed by atoms with van der Waals surface area (Å²) in [5.74, 6) is -1.22. The number of nitrogens with one attached hydrogen (secondary N) is 1. The topological polar surface area (TPSA) is 40.9 Å². The van der Waals surface area contributed by atoms with Crippen molar-refractivity contribution in [1.29, 1.82) is 5.41 Å². The number of halogens is 3. The van der Waals surface area contributed by atoms with Crippen LogP contribution in [0.5, 0.6) is 0 Å². The van der Waals surface area contributed by atoms with Crippen molar-refractivity contribution in [3.63, 3.8) is 0 Å². The number of rotatable bonds is 2. The zero-order valence-corrected chi connectivity index (χ0v) is 4.33. The minimum absolute atomic E-state index is 0.160. The van der Waals surface area contributed by atoms with Gasteiger partial charge in [0.1, 0.15) is 6.42 Å². The van der Waals surface area contributed by atoms with Crippen LogP contribution in [0.1, 0.15) is 6.42 Å². The molecular formula is C4H4F3NO. The standard InChI is InChI=1S/C4H4F3NO/c5-4(6,7)1-3(9)2-8/h2,8H,1H2. The van der Waals surface area contributed by atoms with Crippen LogP contribution in [0.3, 0.4) is 0 Å². The van der Waals surface area contributed by atoms with Crippen molar-refractivity contribution in [1.82, 2.24) is 0 Å². The SMILES string of the molecule is N=CC(=O)CC(F)(F)F. The molecule has 0 saturated heterocycles. The lowest BCUT2D eigenvalue weighted by Gasteiger charge is -1.99. The Morgan fingerprint density at radius 2 is 2.00 bits per heavy atom. The van der Waals surface area contributed by atoms with Gasteiger partial charge in [-0.1, -0.05) is 0 Å². The van der Waals surface area contributed by atoms with Gasteiger partial charge in [0.2, 0.25) is 0 Å². The maximum atomic E-state index is 11.2. The van der Waals surface area contributed by atoms with Gasteiger partial charge in [0.05, 0.1) is 6.21 Å². The normalized spacial score (nSPS) is 11.0. The molecule has 0 aliphatic heterocycles. The first-order valence-electron chi connectivity index (χ1n) is 2.06. The van der Waals surface area contributed by atoms with Gasteiger partial charge in [-0.3, -0.25) is 4.79 Å². The van der Waals surface area contributed by atoms with E-state index in [1.807, 2.05) is 0 Å². The quantitative estimate of drug-likeness (QED) is 0.573. The molecule has 2 nitrogen and oxygen atoms in total. The number of Topliss-reactive ketones (excluding diaryl/α,β-unsaturated/α-hetero) is 1. The largest absolute Gasteiger partial charge is 0.396 e. The van der Waals surface area contributed by atoms with Crippen molar-refractivity contribution in [2.24, 2.45) is 0 Å². The average Bonchev–Trinajstić information content (AvgIpc) is 1.62. The smallest absolute Gasteiger partial charge is 0.305 e. The van der Waals surface area contributed by atoms with Gasteiger partial charge in [-0.05, 0) is 0 Å². The fraction of sp³-hybridized carbons (Fsp3) is 0.500. The maximum Gasteiger partial charge on any atom is 0.396 e. The Bertz CT molecular complexity index is 128. The summed E-state index contributed by atoms with van der Waals surface area (Å²) in [6.07, 6.45) is -5.85. The van der Waals surface area contributed by atoms with E-state index in [9.17, 15) is 18.0 Å². The highest BCUT2D eigenvalue weighted by atomic mass is 19.4.